The molecule has 29 heavy (non-hydrogen) atoms. The van der Waals surface area contributed by atoms with Crippen molar-refractivity contribution in [2.75, 3.05) is 52.7 Å². The van der Waals surface area contributed by atoms with Gasteiger partial charge < -0.3 is 14.2 Å². The summed E-state index contributed by atoms with van der Waals surface area (Å²) in [5.41, 5.74) is 1.87. The summed E-state index contributed by atoms with van der Waals surface area (Å²) in [6.07, 6.45) is 6.27. The van der Waals surface area contributed by atoms with Gasteiger partial charge in [0, 0.05) is 38.2 Å². The van der Waals surface area contributed by atoms with Crippen molar-refractivity contribution in [1.82, 2.24) is 4.90 Å². The van der Waals surface area contributed by atoms with Crippen LogP contribution in [-0.2, 0) is 15.9 Å². The van der Waals surface area contributed by atoms with E-state index in [1.165, 1.54) is 19.3 Å². The summed E-state index contributed by atoms with van der Waals surface area (Å²) in [7, 11) is 0. The first kappa shape index (κ1) is 25.9. The highest BCUT2D eigenvalue weighted by molar-refractivity contribution is 5.96. The Morgan fingerprint density at radius 3 is 2.59 bits per heavy atom. The second-order valence-corrected chi connectivity index (χ2v) is 7.32. The maximum Gasteiger partial charge on any atom is 0.164 e. The molecule has 0 bridgehead atoms. The SMILES string of the molecule is CCCCCCOCCOc1ccc(C(=O)CCN2CCOCC2)cc1CC.Cl. The van der Waals surface area contributed by atoms with Crippen molar-refractivity contribution in [2.24, 2.45) is 0 Å². The van der Waals surface area contributed by atoms with Gasteiger partial charge in [0.1, 0.15) is 12.4 Å². The van der Waals surface area contributed by atoms with Crippen molar-refractivity contribution in [2.45, 2.75) is 52.4 Å². The van der Waals surface area contributed by atoms with Crippen LogP contribution >= 0.6 is 12.4 Å². The van der Waals surface area contributed by atoms with Crippen LogP contribution < -0.4 is 4.74 Å². The number of hydrogen-bond acceptors (Lipinski definition) is 5. The van der Waals surface area contributed by atoms with Crippen molar-refractivity contribution < 1.29 is 19.0 Å². The number of carbonyl (C=O) groups excluding carboxylic acids is 1. The van der Waals surface area contributed by atoms with E-state index in [0.717, 1.165) is 69.2 Å². The molecule has 6 heteroatoms. The molecule has 2 rings (SSSR count). The second-order valence-electron chi connectivity index (χ2n) is 7.32. The lowest BCUT2D eigenvalue weighted by Gasteiger charge is -2.26. The predicted octanol–water partition coefficient (Wildman–Crippen LogP) is 4.55. The second kappa shape index (κ2) is 15.7. The van der Waals surface area contributed by atoms with Gasteiger partial charge in [-0.1, -0.05) is 33.1 Å². The number of aryl methyl sites for hydroxylation is 1. The Hall–Kier alpha value is -1.14. The van der Waals surface area contributed by atoms with Crippen molar-refractivity contribution >= 4 is 18.2 Å². The Balaban J connectivity index is 0.00000420. The highest BCUT2D eigenvalue weighted by Crippen LogP contribution is 2.22. The van der Waals surface area contributed by atoms with E-state index in [4.69, 9.17) is 14.2 Å². The van der Waals surface area contributed by atoms with Crippen LogP contribution in [0.25, 0.3) is 0 Å². The van der Waals surface area contributed by atoms with E-state index in [9.17, 15) is 4.79 Å². The summed E-state index contributed by atoms with van der Waals surface area (Å²) >= 11 is 0. The lowest BCUT2D eigenvalue weighted by atomic mass is 10.0. The lowest BCUT2D eigenvalue weighted by molar-refractivity contribution is 0.0370. The van der Waals surface area contributed by atoms with Gasteiger partial charge in [0.15, 0.2) is 5.78 Å². The Morgan fingerprint density at radius 2 is 1.86 bits per heavy atom. The van der Waals surface area contributed by atoms with E-state index in [-0.39, 0.29) is 18.2 Å². The number of carbonyl (C=O) groups is 1. The molecule has 0 radical (unpaired) electrons. The van der Waals surface area contributed by atoms with Gasteiger partial charge in [-0.3, -0.25) is 9.69 Å². The predicted molar refractivity (Wildman–Crippen MR) is 120 cm³/mol. The molecule has 0 atom stereocenters. The molecular formula is C23H38ClNO4. The number of hydrogen-bond donors (Lipinski definition) is 0. The molecule has 1 saturated heterocycles. The summed E-state index contributed by atoms with van der Waals surface area (Å²) in [6, 6.07) is 5.81. The number of benzene rings is 1. The minimum absolute atomic E-state index is 0. The van der Waals surface area contributed by atoms with E-state index in [2.05, 4.69) is 18.7 Å². The molecule has 166 valence electrons. The third kappa shape index (κ3) is 9.94. The molecule has 5 nitrogen and oxygen atoms in total. The molecule has 0 amide bonds. The van der Waals surface area contributed by atoms with Crippen molar-refractivity contribution in [1.29, 1.82) is 0 Å². The van der Waals surface area contributed by atoms with Crippen LogP contribution in [0.5, 0.6) is 5.75 Å². The first-order valence-electron chi connectivity index (χ1n) is 10.9. The van der Waals surface area contributed by atoms with Gasteiger partial charge in [-0.15, -0.1) is 12.4 Å². The molecular weight excluding hydrogens is 390 g/mol. The van der Waals surface area contributed by atoms with Gasteiger partial charge in [0.2, 0.25) is 0 Å². The highest BCUT2D eigenvalue weighted by Gasteiger charge is 2.14. The summed E-state index contributed by atoms with van der Waals surface area (Å²) in [5, 5.41) is 0. The number of unbranched alkanes of at least 4 members (excludes halogenated alkanes) is 3. The number of ether oxygens (including phenoxy) is 3. The quantitative estimate of drug-likeness (QED) is 0.322. The van der Waals surface area contributed by atoms with Gasteiger partial charge in [0.25, 0.3) is 0 Å². The highest BCUT2D eigenvalue weighted by atomic mass is 35.5. The van der Waals surface area contributed by atoms with Crippen LogP contribution in [-0.4, -0.2) is 63.4 Å². The molecule has 0 unspecified atom stereocenters. The number of Topliss-reactive ketones (excluding diaryl/α,β-unsaturated/α-hetero) is 1. The smallest absolute Gasteiger partial charge is 0.164 e. The number of nitrogens with zero attached hydrogens (tertiary/aromatic N) is 1. The van der Waals surface area contributed by atoms with E-state index in [1.54, 1.807) is 0 Å². The average molecular weight is 428 g/mol. The molecule has 1 fully saturated rings. The van der Waals surface area contributed by atoms with Crippen LogP contribution in [0.2, 0.25) is 0 Å². The minimum atomic E-state index is 0. The summed E-state index contributed by atoms with van der Waals surface area (Å²) in [6.45, 7) is 10.4. The monoisotopic (exact) mass is 427 g/mol. The van der Waals surface area contributed by atoms with Crippen LogP contribution in [0, 0.1) is 0 Å². The standard InChI is InChI=1S/C23H37NO4.ClH/c1-3-5-6-7-14-26-17-18-28-23-9-8-21(19-20(23)4-2)22(25)10-11-24-12-15-27-16-13-24;/h8-9,19H,3-7,10-18H2,1-2H3;1H. The zero-order chi connectivity index (χ0) is 20.0. The molecule has 0 aliphatic carbocycles. The van der Waals surface area contributed by atoms with Crippen LogP contribution in [0.3, 0.4) is 0 Å². The van der Waals surface area contributed by atoms with Crippen molar-refractivity contribution in [3.8, 4) is 5.75 Å². The third-order valence-electron chi connectivity index (χ3n) is 5.15. The zero-order valence-corrected chi connectivity index (χ0v) is 18.9. The van der Waals surface area contributed by atoms with Gasteiger partial charge in [-0.05, 0) is 36.6 Å². The van der Waals surface area contributed by atoms with Gasteiger partial charge in [-0.25, -0.2) is 0 Å². The number of rotatable bonds is 14. The van der Waals surface area contributed by atoms with Gasteiger partial charge in [0.05, 0.1) is 19.8 Å². The number of morpholine rings is 1. The van der Waals surface area contributed by atoms with E-state index < -0.39 is 0 Å². The maximum atomic E-state index is 12.6. The summed E-state index contributed by atoms with van der Waals surface area (Å²) < 4.78 is 16.9. The normalized spacial score (nSPS) is 14.4. The first-order chi connectivity index (χ1) is 13.7. The first-order valence-corrected chi connectivity index (χ1v) is 10.9. The van der Waals surface area contributed by atoms with Crippen LogP contribution in [0.4, 0.5) is 0 Å². The fourth-order valence-corrected chi connectivity index (χ4v) is 3.34. The molecule has 1 heterocycles. The molecule has 0 spiro atoms. The van der Waals surface area contributed by atoms with Crippen LogP contribution in [0.15, 0.2) is 18.2 Å². The van der Waals surface area contributed by atoms with Crippen molar-refractivity contribution in [3.05, 3.63) is 29.3 Å². The molecule has 0 saturated carbocycles. The van der Waals surface area contributed by atoms with Crippen LogP contribution in [0.1, 0.15) is 61.9 Å². The fourth-order valence-electron chi connectivity index (χ4n) is 3.34. The zero-order valence-electron chi connectivity index (χ0n) is 18.1. The number of halogens is 1. The largest absolute Gasteiger partial charge is 0.491 e. The Kier molecular flexibility index (Phi) is 14.0. The van der Waals surface area contributed by atoms with E-state index >= 15 is 0 Å². The molecule has 1 aromatic carbocycles. The number of ketones is 1. The molecule has 1 aromatic rings. The molecule has 1 aliphatic rings. The molecule has 0 aromatic heterocycles. The average Bonchev–Trinajstić information content (AvgIpc) is 2.74. The Morgan fingerprint density at radius 1 is 1.07 bits per heavy atom. The topological polar surface area (TPSA) is 48.0 Å². The van der Waals surface area contributed by atoms with Crippen molar-refractivity contribution in [3.63, 3.8) is 0 Å². The summed E-state index contributed by atoms with van der Waals surface area (Å²) in [4.78, 5) is 14.8. The molecule has 0 N–H and O–H groups in total. The Bertz CT molecular complexity index is 576. The van der Waals surface area contributed by atoms with Gasteiger partial charge >= 0.3 is 0 Å². The van der Waals surface area contributed by atoms with E-state index in [1.807, 2.05) is 18.2 Å². The lowest BCUT2D eigenvalue weighted by Crippen LogP contribution is -2.37. The summed E-state index contributed by atoms with van der Waals surface area (Å²) in [5.74, 6) is 1.06. The fraction of sp³-hybridized carbons (Fsp3) is 0.696. The maximum absolute atomic E-state index is 12.6. The third-order valence-corrected chi connectivity index (χ3v) is 5.15. The van der Waals surface area contributed by atoms with Gasteiger partial charge in [-0.2, -0.15) is 0 Å². The Labute approximate surface area is 182 Å². The molecule has 1 aliphatic heterocycles. The van der Waals surface area contributed by atoms with E-state index in [0.29, 0.717) is 19.6 Å². The minimum Gasteiger partial charge on any atom is -0.491 e.